The number of ether oxygens (including phenoxy) is 2. The minimum atomic E-state index is -0.555. The molecule has 1 heterocycles. The van der Waals surface area contributed by atoms with Crippen molar-refractivity contribution >= 4 is 17.7 Å². The number of carbonyl (C=O) groups excluding carboxylic acids is 1. The van der Waals surface area contributed by atoms with Gasteiger partial charge in [0.05, 0.1) is 31.0 Å². The third kappa shape index (κ3) is 3.30. The molecule has 0 aliphatic rings. The van der Waals surface area contributed by atoms with Crippen molar-refractivity contribution in [2.24, 2.45) is 0 Å². The maximum absolute atomic E-state index is 11.5. The third-order valence-corrected chi connectivity index (χ3v) is 2.56. The Morgan fingerprint density at radius 2 is 2.33 bits per heavy atom. The van der Waals surface area contributed by atoms with Crippen LogP contribution in [0.5, 0.6) is 5.75 Å². The van der Waals surface area contributed by atoms with Crippen molar-refractivity contribution in [2.75, 3.05) is 19.0 Å². The summed E-state index contributed by atoms with van der Waals surface area (Å²) in [6.07, 6.45) is 1.20. The summed E-state index contributed by atoms with van der Waals surface area (Å²) in [7, 11) is 1.49. The van der Waals surface area contributed by atoms with Gasteiger partial charge in [0.2, 0.25) is 0 Å². The number of nitrogens with one attached hydrogen (secondary N) is 1. The average molecular weight is 287 g/mol. The van der Waals surface area contributed by atoms with Crippen LogP contribution in [0, 0.1) is 11.3 Å². The lowest BCUT2D eigenvalue weighted by molar-refractivity contribution is 0.0519. The molecule has 0 spiro atoms. The van der Waals surface area contributed by atoms with Crippen LogP contribution in [0.2, 0.25) is 0 Å². The third-order valence-electron chi connectivity index (χ3n) is 2.56. The van der Waals surface area contributed by atoms with Gasteiger partial charge in [-0.25, -0.2) is 4.79 Å². The van der Waals surface area contributed by atoms with Crippen molar-refractivity contribution in [1.82, 2.24) is 4.98 Å². The molecule has 108 valence electrons. The standard InChI is InChI=1S/C14H13N3O4/c1-3-20-13(18)11-8-21-14(17-11)16-10-5-4-9(7-15)6-12(10)19-2/h4-6,8H,3H2,1-2H3,(H,16,17). The van der Waals surface area contributed by atoms with Crippen LogP contribution in [0.15, 0.2) is 28.9 Å². The highest BCUT2D eigenvalue weighted by Crippen LogP contribution is 2.28. The van der Waals surface area contributed by atoms with Gasteiger partial charge < -0.3 is 19.2 Å². The normalized spacial score (nSPS) is 9.76. The summed E-state index contributed by atoms with van der Waals surface area (Å²) in [5, 5.41) is 11.7. The van der Waals surface area contributed by atoms with Gasteiger partial charge in [-0.1, -0.05) is 0 Å². The monoisotopic (exact) mass is 287 g/mol. The smallest absolute Gasteiger partial charge is 0.360 e. The number of hydrogen-bond donors (Lipinski definition) is 1. The van der Waals surface area contributed by atoms with E-state index in [-0.39, 0.29) is 18.3 Å². The van der Waals surface area contributed by atoms with Crippen molar-refractivity contribution < 1.29 is 18.7 Å². The highest BCUT2D eigenvalue weighted by atomic mass is 16.5. The predicted molar refractivity (Wildman–Crippen MR) is 73.5 cm³/mol. The molecule has 0 aliphatic heterocycles. The van der Waals surface area contributed by atoms with Crippen molar-refractivity contribution in [2.45, 2.75) is 6.92 Å². The Morgan fingerprint density at radius 3 is 3.00 bits per heavy atom. The highest BCUT2D eigenvalue weighted by molar-refractivity contribution is 5.87. The number of esters is 1. The number of nitrogens with zero attached hydrogens (tertiary/aromatic N) is 2. The van der Waals surface area contributed by atoms with Crippen LogP contribution in [0.3, 0.4) is 0 Å². The van der Waals surface area contributed by atoms with Gasteiger partial charge in [0.15, 0.2) is 5.69 Å². The number of benzene rings is 1. The molecule has 0 radical (unpaired) electrons. The van der Waals surface area contributed by atoms with E-state index in [9.17, 15) is 4.79 Å². The topological polar surface area (TPSA) is 97.4 Å². The maximum atomic E-state index is 11.5. The zero-order valence-electron chi connectivity index (χ0n) is 11.5. The number of methoxy groups -OCH3 is 1. The predicted octanol–water partition coefficient (Wildman–Crippen LogP) is 2.48. The number of hydrogen-bond acceptors (Lipinski definition) is 7. The van der Waals surface area contributed by atoms with Crippen molar-refractivity contribution in [3.05, 3.63) is 35.7 Å². The zero-order valence-corrected chi connectivity index (χ0v) is 11.5. The van der Waals surface area contributed by atoms with E-state index in [0.29, 0.717) is 17.0 Å². The molecule has 0 amide bonds. The van der Waals surface area contributed by atoms with Crippen LogP contribution in [0.1, 0.15) is 23.0 Å². The quantitative estimate of drug-likeness (QED) is 0.843. The molecule has 21 heavy (non-hydrogen) atoms. The highest BCUT2D eigenvalue weighted by Gasteiger charge is 2.14. The van der Waals surface area contributed by atoms with E-state index in [1.807, 2.05) is 6.07 Å². The Balaban J connectivity index is 2.19. The number of nitriles is 1. The molecule has 2 aromatic rings. The van der Waals surface area contributed by atoms with Crippen molar-refractivity contribution in [3.8, 4) is 11.8 Å². The van der Waals surface area contributed by atoms with Gasteiger partial charge in [-0.2, -0.15) is 10.2 Å². The Kier molecular flexibility index (Phi) is 4.41. The lowest BCUT2D eigenvalue weighted by Gasteiger charge is -2.08. The van der Waals surface area contributed by atoms with E-state index in [0.717, 1.165) is 0 Å². The Morgan fingerprint density at radius 1 is 1.52 bits per heavy atom. The van der Waals surface area contributed by atoms with E-state index in [1.54, 1.807) is 25.1 Å². The second-order valence-electron chi connectivity index (χ2n) is 3.91. The molecule has 0 saturated carbocycles. The number of carbonyl (C=O) groups is 1. The van der Waals surface area contributed by atoms with Crippen LogP contribution in [-0.2, 0) is 4.74 Å². The van der Waals surface area contributed by atoms with Gasteiger partial charge in [-0.3, -0.25) is 0 Å². The van der Waals surface area contributed by atoms with Crippen LogP contribution in [-0.4, -0.2) is 24.7 Å². The largest absolute Gasteiger partial charge is 0.495 e. The molecule has 0 bridgehead atoms. The Bertz CT molecular complexity index is 688. The summed E-state index contributed by atoms with van der Waals surface area (Å²) in [5.41, 5.74) is 1.11. The first-order valence-electron chi connectivity index (χ1n) is 6.15. The molecule has 2 rings (SSSR count). The first-order chi connectivity index (χ1) is 10.2. The molecular weight excluding hydrogens is 274 g/mol. The number of aromatic nitrogens is 1. The molecule has 0 fully saturated rings. The summed E-state index contributed by atoms with van der Waals surface area (Å²) in [5.74, 6) is -0.0916. The SMILES string of the molecule is CCOC(=O)c1coc(Nc2ccc(C#N)cc2OC)n1. The molecule has 0 saturated heterocycles. The second-order valence-corrected chi connectivity index (χ2v) is 3.91. The fourth-order valence-electron chi connectivity index (χ4n) is 1.61. The molecular formula is C14H13N3O4. The molecule has 0 unspecified atom stereocenters. The van der Waals surface area contributed by atoms with E-state index < -0.39 is 5.97 Å². The number of oxazole rings is 1. The summed E-state index contributed by atoms with van der Waals surface area (Å²) < 4.78 is 15.1. The molecule has 1 N–H and O–H groups in total. The molecule has 0 atom stereocenters. The Hall–Kier alpha value is -3.01. The summed E-state index contributed by atoms with van der Waals surface area (Å²) >= 11 is 0. The average Bonchev–Trinajstić information content (AvgIpc) is 2.96. The van der Waals surface area contributed by atoms with Crippen LogP contribution in [0.4, 0.5) is 11.7 Å². The molecule has 1 aromatic carbocycles. The van der Waals surface area contributed by atoms with E-state index in [2.05, 4.69) is 10.3 Å². The van der Waals surface area contributed by atoms with Crippen molar-refractivity contribution in [3.63, 3.8) is 0 Å². The van der Waals surface area contributed by atoms with Crippen molar-refractivity contribution in [1.29, 1.82) is 5.26 Å². The lowest BCUT2D eigenvalue weighted by Crippen LogP contribution is -2.05. The molecule has 7 heteroatoms. The summed E-state index contributed by atoms with van der Waals surface area (Å²) in [6, 6.07) is 7.01. The van der Waals surface area contributed by atoms with Gasteiger partial charge in [0.25, 0.3) is 6.01 Å². The summed E-state index contributed by atoms with van der Waals surface area (Å²) in [4.78, 5) is 15.5. The molecule has 7 nitrogen and oxygen atoms in total. The minimum Gasteiger partial charge on any atom is -0.495 e. The van der Waals surface area contributed by atoms with Gasteiger partial charge in [-0.05, 0) is 19.1 Å². The van der Waals surface area contributed by atoms with E-state index in [4.69, 9.17) is 19.2 Å². The van der Waals surface area contributed by atoms with Crippen LogP contribution >= 0.6 is 0 Å². The maximum Gasteiger partial charge on any atom is 0.360 e. The van der Waals surface area contributed by atoms with Gasteiger partial charge in [0.1, 0.15) is 12.0 Å². The number of anilines is 2. The van der Waals surface area contributed by atoms with Gasteiger partial charge in [0, 0.05) is 6.07 Å². The second kappa shape index (κ2) is 6.43. The van der Waals surface area contributed by atoms with Crippen LogP contribution < -0.4 is 10.1 Å². The van der Waals surface area contributed by atoms with E-state index in [1.165, 1.54) is 13.4 Å². The first-order valence-corrected chi connectivity index (χ1v) is 6.15. The van der Waals surface area contributed by atoms with E-state index >= 15 is 0 Å². The molecule has 0 aliphatic carbocycles. The van der Waals surface area contributed by atoms with Gasteiger partial charge in [-0.15, -0.1) is 0 Å². The molecule has 1 aromatic heterocycles. The minimum absolute atomic E-state index is 0.0759. The lowest BCUT2D eigenvalue weighted by atomic mass is 10.2. The Labute approximate surface area is 121 Å². The van der Waals surface area contributed by atoms with Crippen LogP contribution in [0.25, 0.3) is 0 Å². The fraction of sp³-hybridized carbons (Fsp3) is 0.214. The van der Waals surface area contributed by atoms with Gasteiger partial charge >= 0.3 is 5.97 Å². The zero-order chi connectivity index (χ0) is 15.2. The summed E-state index contributed by atoms with van der Waals surface area (Å²) in [6.45, 7) is 1.97. The fourth-order valence-corrected chi connectivity index (χ4v) is 1.61. The number of rotatable bonds is 5. The first kappa shape index (κ1) is 14.4.